The molecule has 14 heavy (non-hydrogen) atoms. The minimum Gasteiger partial charge on any atom is -0.371 e. The summed E-state index contributed by atoms with van der Waals surface area (Å²) in [5.41, 5.74) is -0.228. The van der Waals surface area contributed by atoms with Crippen molar-refractivity contribution in [2.75, 3.05) is 6.61 Å². The Balaban J connectivity index is 2.66. The highest BCUT2D eigenvalue weighted by molar-refractivity contribution is 6.36. The molecule has 1 radical (unpaired) electrons. The van der Waals surface area contributed by atoms with Crippen molar-refractivity contribution in [3.05, 3.63) is 0 Å². The van der Waals surface area contributed by atoms with Crippen molar-refractivity contribution in [2.45, 2.75) is 58.7 Å². The highest BCUT2D eigenvalue weighted by Gasteiger charge is 2.39. The van der Waals surface area contributed by atoms with Crippen molar-refractivity contribution < 1.29 is 13.3 Å². The SMILES string of the molecule is CCO[Si]1OC(C)(C)CCC(C)(C)O1. The van der Waals surface area contributed by atoms with E-state index in [0.717, 1.165) is 12.8 Å². The van der Waals surface area contributed by atoms with E-state index in [9.17, 15) is 0 Å². The van der Waals surface area contributed by atoms with Gasteiger partial charge in [-0.2, -0.15) is 0 Å². The fourth-order valence-corrected chi connectivity index (χ4v) is 2.85. The molecule has 1 aliphatic heterocycles. The Morgan fingerprint density at radius 3 is 1.86 bits per heavy atom. The molecule has 0 N–H and O–H groups in total. The van der Waals surface area contributed by atoms with Gasteiger partial charge in [0, 0.05) is 6.61 Å². The average molecular weight is 217 g/mol. The number of hydrogen-bond donors (Lipinski definition) is 0. The van der Waals surface area contributed by atoms with E-state index in [1.54, 1.807) is 0 Å². The number of hydrogen-bond acceptors (Lipinski definition) is 3. The van der Waals surface area contributed by atoms with Gasteiger partial charge in [-0.3, -0.25) is 0 Å². The van der Waals surface area contributed by atoms with Crippen molar-refractivity contribution in [1.82, 2.24) is 0 Å². The van der Waals surface area contributed by atoms with Crippen LogP contribution in [0.5, 0.6) is 0 Å². The fourth-order valence-electron chi connectivity index (χ4n) is 1.35. The fraction of sp³-hybridized carbons (Fsp3) is 1.00. The van der Waals surface area contributed by atoms with Crippen LogP contribution in [0, 0.1) is 0 Å². The van der Waals surface area contributed by atoms with Gasteiger partial charge in [-0.25, -0.2) is 0 Å². The Labute approximate surface area is 88.7 Å². The summed E-state index contributed by atoms with van der Waals surface area (Å²) in [6.45, 7) is 11.0. The minimum absolute atomic E-state index is 0.114. The summed E-state index contributed by atoms with van der Waals surface area (Å²) in [5, 5.41) is 0. The van der Waals surface area contributed by atoms with Crippen LogP contribution in [0.2, 0.25) is 0 Å². The second-order valence-electron chi connectivity index (χ2n) is 4.91. The lowest BCUT2D eigenvalue weighted by atomic mass is 9.94. The van der Waals surface area contributed by atoms with Crippen LogP contribution in [0.25, 0.3) is 0 Å². The molecule has 1 rings (SSSR count). The van der Waals surface area contributed by atoms with Crippen LogP contribution < -0.4 is 0 Å². The maximum Gasteiger partial charge on any atom is 0.578 e. The molecule has 0 saturated carbocycles. The lowest BCUT2D eigenvalue weighted by molar-refractivity contribution is 0.00503. The standard InChI is InChI=1S/C10H21O3Si/c1-6-11-14-12-9(2,3)7-8-10(4,5)13-14/h6-8H2,1-5H3. The van der Waals surface area contributed by atoms with Gasteiger partial charge in [0.1, 0.15) is 0 Å². The van der Waals surface area contributed by atoms with Crippen LogP contribution >= 0.6 is 0 Å². The van der Waals surface area contributed by atoms with E-state index < -0.39 is 9.53 Å². The topological polar surface area (TPSA) is 27.7 Å². The van der Waals surface area contributed by atoms with Crippen LogP contribution in [0.3, 0.4) is 0 Å². The molecular weight excluding hydrogens is 196 g/mol. The van der Waals surface area contributed by atoms with E-state index in [-0.39, 0.29) is 11.2 Å². The monoisotopic (exact) mass is 217 g/mol. The average Bonchev–Trinajstić information content (AvgIpc) is 2.08. The van der Waals surface area contributed by atoms with Crippen molar-refractivity contribution in [3.63, 3.8) is 0 Å². The van der Waals surface area contributed by atoms with Crippen LogP contribution in [0.1, 0.15) is 47.5 Å². The second kappa shape index (κ2) is 4.31. The Bertz CT molecular complexity index is 174. The van der Waals surface area contributed by atoms with E-state index >= 15 is 0 Å². The lowest BCUT2D eigenvalue weighted by Gasteiger charge is -2.25. The van der Waals surface area contributed by atoms with E-state index in [2.05, 4.69) is 27.7 Å². The summed E-state index contributed by atoms with van der Waals surface area (Å²) in [7, 11) is -1.55. The van der Waals surface area contributed by atoms with Gasteiger partial charge < -0.3 is 13.3 Å². The van der Waals surface area contributed by atoms with Gasteiger partial charge in [0.05, 0.1) is 11.2 Å². The quantitative estimate of drug-likeness (QED) is 0.665. The van der Waals surface area contributed by atoms with E-state index in [1.165, 1.54) is 0 Å². The summed E-state index contributed by atoms with van der Waals surface area (Å²) in [6.07, 6.45) is 2.03. The van der Waals surface area contributed by atoms with Crippen molar-refractivity contribution in [1.29, 1.82) is 0 Å². The van der Waals surface area contributed by atoms with Gasteiger partial charge in [-0.05, 0) is 47.5 Å². The van der Waals surface area contributed by atoms with Crippen LogP contribution in [-0.2, 0) is 13.3 Å². The van der Waals surface area contributed by atoms with Crippen molar-refractivity contribution in [2.24, 2.45) is 0 Å². The van der Waals surface area contributed by atoms with Gasteiger partial charge in [-0.1, -0.05) is 0 Å². The van der Waals surface area contributed by atoms with E-state index in [1.807, 2.05) is 6.92 Å². The maximum absolute atomic E-state index is 5.83. The molecule has 1 aliphatic rings. The number of rotatable bonds is 2. The van der Waals surface area contributed by atoms with Gasteiger partial charge >= 0.3 is 9.53 Å². The summed E-state index contributed by atoms with van der Waals surface area (Å²) < 4.78 is 17.2. The maximum atomic E-state index is 5.83. The zero-order chi connectivity index (χ0) is 10.8. The minimum atomic E-state index is -1.55. The summed E-state index contributed by atoms with van der Waals surface area (Å²) in [4.78, 5) is 0. The van der Waals surface area contributed by atoms with Crippen LogP contribution in [-0.4, -0.2) is 27.3 Å². The Hall–Kier alpha value is 0.0969. The van der Waals surface area contributed by atoms with Gasteiger partial charge in [-0.15, -0.1) is 0 Å². The van der Waals surface area contributed by atoms with E-state index in [0.29, 0.717) is 6.61 Å². The molecule has 4 heteroatoms. The molecule has 0 aromatic heterocycles. The second-order valence-corrected chi connectivity index (χ2v) is 6.10. The smallest absolute Gasteiger partial charge is 0.371 e. The lowest BCUT2D eigenvalue weighted by Crippen LogP contribution is -2.38. The highest BCUT2D eigenvalue weighted by Crippen LogP contribution is 2.30. The molecular formula is C10H21O3Si. The van der Waals surface area contributed by atoms with Crippen molar-refractivity contribution in [3.8, 4) is 0 Å². The molecule has 1 saturated heterocycles. The molecule has 0 aliphatic carbocycles. The molecule has 0 unspecified atom stereocenters. The van der Waals surface area contributed by atoms with Crippen molar-refractivity contribution >= 4 is 9.53 Å². The predicted octanol–water partition coefficient (Wildman–Crippen LogP) is 2.39. The van der Waals surface area contributed by atoms with Gasteiger partial charge in [0.25, 0.3) is 0 Å². The van der Waals surface area contributed by atoms with Crippen LogP contribution in [0.15, 0.2) is 0 Å². The molecule has 1 fully saturated rings. The molecule has 0 atom stereocenters. The van der Waals surface area contributed by atoms with Gasteiger partial charge in [0.2, 0.25) is 0 Å². The Morgan fingerprint density at radius 1 is 1.07 bits per heavy atom. The first kappa shape index (κ1) is 12.2. The van der Waals surface area contributed by atoms with Gasteiger partial charge in [0.15, 0.2) is 0 Å². The molecule has 0 spiro atoms. The predicted molar refractivity (Wildman–Crippen MR) is 56.9 cm³/mol. The summed E-state index contributed by atoms with van der Waals surface area (Å²) in [6, 6.07) is 0. The Morgan fingerprint density at radius 2 is 1.50 bits per heavy atom. The molecule has 83 valence electrons. The summed E-state index contributed by atoms with van der Waals surface area (Å²) in [5.74, 6) is 0. The highest BCUT2D eigenvalue weighted by atomic mass is 28.3. The third-order valence-corrected chi connectivity index (χ3v) is 4.27. The molecule has 0 aromatic rings. The summed E-state index contributed by atoms with van der Waals surface area (Å²) >= 11 is 0. The first-order valence-electron chi connectivity index (χ1n) is 5.22. The first-order chi connectivity index (χ1) is 6.35. The normalized spacial score (nSPS) is 27.2. The third-order valence-electron chi connectivity index (χ3n) is 2.31. The molecule has 0 aromatic carbocycles. The largest absolute Gasteiger partial charge is 0.578 e. The zero-order valence-electron chi connectivity index (χ0n) is 9.85. The first-order valence-corrected chi connectivity index (χ1v) is 6.45. The molecule has 1 heterocycles. The van der Waals surface area contributed by atoms with Crippen LogP contribution in [0.4, 0.5) is 0 Å². The Kier molecular flexibility index (Phi) is 3.74. The zero-order valence-corrected chi connectivity index (χ0v) is 10.8. The third kappa shape index (κ3) is 3.69. The molecule has 0 amide bonds. The molecule has 0 bridgehead atoms. The van der Waals surface area contributed by atoms with E-state index in [4.69, 9.17) is 13.3 Å². The molecule has 3 nitrogen and oxygen atoms in total.